The quantitative estimate of drug-likeness (QED) is 0.247. The molecule has 0 bridgehead atoms. The van der Waals surface area contributed by atoms with Gasteiger partial charge < -0.3 is 4.74 Å². The van der Waals surface area contributed by atoms with E-state index in [0.29, 0.717) is 0 Å². The molecule has 1 rings (SSSR count). The van der Waals surface area contributed by atoms with E-state index in [1.54, 1.807) is 6.92 Å². The Bertz CT molecular complexity index is 534. The normalized spacial score (nSPS) is 9.85. The molecule has 20 heavy (non-hydrogen) atoms. The summed E-state index contributed by atoms with van der Waals surface area (Å²) in [4.78, 5) is 44.0. The number of benzene rings is 1. The van der Waals surface area contributed by atoms with Gasteiger partial charge in [0.2, 0.25) is 5.78 Å². The van der Waals surface area contributed by atoms with E-state index in [0.717, 1.165) is 0 Å². The molecule has 0 aliphatic carbocycles. The molecule has 7 nitrogen and oxygen atoms in total. The van der Waals surface area contributed by atoms with Gasteiger partial charge in [0.15, 0.2) is 5.78 Å². The second kappa shape index (κ2) is 7.13. The van der Waals surface area contributed by atoms with Crippen LogP contribution in [-0.4, -0.2) is 29.1 Å². The summed E-state index contributed by atoms with van der Waals surface area (Å²) in [5.74, 6) is -2.08. The van der Waals surface area contributed by atoms with Crippen LogP contribution in [0.15, 0.2) is 24.3 Å². The molecule has 7 heteroatoms. The lowest BCUT2D eigenvalue weighted by atomic mass is 10.0. The Morgan fingerprint density at radius 2 is 1.75 bits per heavy atom. The number of ether oxygens (including phenoxy) is 1. The average Bonchev–Trinajstić information content (AvgIpc) is 2.44. The molecule has 1 aromatic carbocycles. The number of carbonyl (C=O) groups excluding carboxylic acids is 3. The van der Waals surface area contributed by atoms with Gasteiger partial charge in [-0.3, -0.25) is 19.7 Å². The highest BCUT2D eigenvalue weighted by Crippen LogP contribution is 2.13. The minimum atomic E-state index is -0.955. The first-order chi connectivity index (χ1) is 9.45. The van der Waals surface area contributed by atoms with Crippen LogP contribution in [0.25, 0.3) is 0 Å². The number of nitro groups is 1. The fraction of sp³-hybridized carbons (Fsp3) is 0.308. The Hall–Kier alpha value is -2.57. The number of hydrogen-bond donors (Lipinski definition) is 0. The number of hydrogen-bond acceptors (Lipinski definition) is 6. The van der Waals surface area contributed by atoms with Crippen LogP contribution >= 0.6 is 0 Å². The van der Waals surface area contributed by atoms with E-state index in [1.807, 2.05) is 0 Å². The third-order valence-corrected chi connectivity index (χ3v) is 2.48. The molecule has 0 heterocycles. The zero-order valence-electron chi connectivity index (χ0n) is 10.8. The van der Waals surface area contributed by atoms with Crippen LogP contribution in [0.3, 0.4) is 0 Å². The maximum Gasteiger partial charge on any atom is 0.374 e. The van der Waals surface area contributed by atoms with Crippen molar-refractivity contribution in [3.8, 4) is 0 Å². The average molecular weight is 279 g/mol. The summed E-state index contributed by atoms with van der Waals surface area (Å²) >= 11 is 0. The van der Waals surface area contributed by atoms with Crippen LogP contribution in [0.1, 0.15) is 30.1 Å². The van der Waals surface area contributed by atoms with Crippen molar-refractivity contribution in [1.29, 1.82) is 0 Å². The zero-order chi connectivity index (χ0) is 15.1. The summed E-state index contributed by atoms with van der Waals surface area (Å²) in [6.45, 7) is 1.67. The van der Waals surface area contributed by atoms with Gasteiger partial charge in [0.1, 0.15) is 0 Å². The Balaban J connectivity index is 2.57. The van der Waals surface area contributed by atoms with Crippen LogP contribution in [-0.2, 0) is 14.3 Å². The first kappa shape index (κ1) is 15.5. The molecular formula is C13H13NO6. The number of carbonyl (C=O) groups is 3. The van der Waals surface area contributed by atoms with Crippen molar-refractivity contribution in [2.75, 3.05) is 6.61 Å². The predicted molar refractivity (Wildman–Crippen MR) is 68.3 cm³/mol. The van der Waals surface area contributed by atoms with E-state index in [2.05, 4.69) is 4.74 Å². The van der Waals surface area contributed by atoms with E-state index in [1.165, 1.54) is 24.3 Å². The van der Waals surface area contributed by atoms with Gasteiger partial charge in [0.05, 0.1) is 11.5 Å². The van der Waals surface area contributed by atoms with E-state index in [-0.39, 0.29) is 36.5 Å². The molecule has 0 aromatic heterocycles. The van der Waals surface area contributed by atoms with Crippen molar-refractivity contribution in [2.45, 2.75) is 19.8 Å². The molecule has 0 spiro atoms. The molecule has 0 aliphatic heterocycles. The zero-order valence-corrected chi connectivity index (χ0v) is 10.8. The second-order valence-corrected chi connectivity index (χ2v) is 3.87. The van der Waals surface area contributed by atoms with E-state index in [4.69, 9.17) is 0 Å². The van der Waals surface area contributed by atoms with Gasteiger partial charge in [0, 0.05) is 30.5 Å². The van der Waals surface area contributed by atoms with Crippen molar-refractivity contribution in [3.05, 3.63) is 39.9 Å². The Kier molecular flexibility index (Phi) is 5.52. The molecule has 0 N–H and O–H groups in total. The van der Waals surface area contributed by atoms with Gasteiger partial charge in [-0.05, 0) is 19.1 Å². The second-order valence-electron chi connectivity index (χ2n) is 3.87. The number of non-ortho nitro benzene ring substituents is 1. The number of ketones is 2. The molecule has 0 radical (unpaired) electrons. The van der Waals surface area contributed by atoms with Crippen molar-refractivity contribution < 1.29 is 24.0 Å². The Morgan fingerprint density at radius 3 is 2.25 bits per heavy atom. The standard InChI is InChI=1S/C13H13NO6/c1-2-20-13(17)12(16)8-7-11(15)9-3-5-10(6-4-9)14(18)19/h3-6H,2,7-8H2,1H3. The smallest absolute Gasteiger partial charge is 0.374 e. The molecular weight excluding hydrogens is 266 g/mol. The first-order valence-corrected chi connectivity index (χ1v) is 5.93. The molecule has 0 atom stereocenters. The highest BCUT2D eigenvalue weighted by atomic mass is 16.6. The van der Waals surface area contributed by atoms with Gasteiger partial charge in [-0.15, -0.1) is 0 Å². The summed E-state index contributed by atoms with van der Waals surface area (Å²) in [6.07, 6.45) is -0.385. The fourth-order valence-electron chi connectivity index (χ4n) is 1.45. The van der Waals surface area contributed by atoms with Gasteiger partial charge in [0.25, 0.3) is 5.69 Å². The highest BCUT2D eigenvalue weighted by molar-refractivity contribution is 6.34. The van der Waals surface area contributed by atoms with Crippen molar-refractivity contribution >= 4 is 23.2 Å². The predicted octanol–water partition coefficient (Wildman–Crippen LogP) is 1.69. The summed E-state index contributed by atoms with van der Waals surface area (Å²) in [7, 11) is 0. The largest absolute Gasteiger partial charge is 0.460 e. The third-order valence-electron chi connectivity index (χ3n) is 2.48. The first-order valence-electron chi connectivity index (χ1n) is 5.93. The molecule has 0 aliphatic rings. The van der Waals surface area contributed by atoms with Crippen LogP contribution in [0.4, 0.5) is 5.69 Å². The number of nitro benzene ring substituents is 1. The Labute approximate surface area is 114 Å². The number of nitrogens with zero attached hydrogens (tertiary/aromatic N) is 1. The third kappa shape index (κ3) is 4.27. The molecule has 0 fully saturated rings. The van der Waals surface area contributed by atoms with Crippen LogP contribution in [0.2, 0.25) is 0 Å². The van der Waals surface area contributed by atoms with Gasteiger partial charge in [-0.1, -0.05) is 0 Å². The number of rotatable bonds is 7. The lowest BCUT2D eigenvalue weighted by Crippen LogP contribution is -2.18. The molecule has 0 amide bonds. The van der Waals surface area contributed by atoms with E-state index < -0.39 is 16.7 Å². The molecule has 0 unspecified atom stereocenters. The minimum absolute atomic E-state index is 0.0981. The number of Topliss-reactive ketones (excluding diaryl/α,β-unsaturated/α-hetero) is 2. The Morgan fingerprint density at radius 1 is 1.15 bits per heavy atom. The van der Waals surface area contributed by atoms with E-state index in [9.17, 15) is 24.5 Å². The summed E-state index contributed by atoms with van der Waals surface area (Å²) < 4.78 is 4.51. The maximum atomic E-state index is 11.7. The summed E-state index contributed by atoms with van der Waals surface area (Å²) in [5.41, 5.74) is 0.136. The van der Waals surface area contributed by atoms with Gasteiger partial charge in [-0.25, -0.2) is 4.79 Å². The van der Waals surface area contributed by atoms with Crippen LogP contribution in [0.5, 0.6) is 0 Å². The van der Waals surface area contributed by atoms with Crippen LogP contribution < -0.4 is 0 Å². The van der Waals surface area contributed by atoms with Crippen LogP contribution in [0, 0.1) is 10.1 Å². The maximum absolute atomic E-state index is 11.7. The molecule has 0 saturated heterocycles. The van der Waals surface area contributed by atoms with Gasteiger partial charge >= 0.3 is 5.97 Å². The summed E-state index contributed by atoms with van der Waals surface area (Å²) in [5, 5.41) is 10.5. The lowest BCUT2D eigenvalue weighted by molar-refractivity contribution is -0.384. The van der Waals surface area contributed by atoms with Crippen molar-refractivity contribution in [2.24, 2.45) is 0 Å². The molecule has 106 valence electrons. The SMILES string of the molecule is CCOC(=O)C(=O)CCC(=O)c1ccc([N+](=O)[O-])cc1. The fourth-order valence-corrected chi connectivity index (χ4v) is 1.45. The highest BCUT2D eigenvalue weighted by Gasteiger charge is 2.17. The number of esters is 1. The summed E-state index contributed by atoms with van der Waals surface area (Å²) in [6, 6.07) is 5.05. The van der Waals surface area contributed by atoms with Crippen molar-refractivity contribution in [1.82, 2.24) is 0 Å². The monoisotopic (exact) mass is 279 g/mol. The molecule has 0 saturated carbocycles. The van der Waals surface area contributed by atoms with Crippen molar-refractivity contribution in [3.63, 3.8) is 0 Å². The van der Waals surface area contributed by atoms with Gasteiger partial charge in [-0.2, -0.15) is 0 Å². The molecule has 1 aromatic rings. The van der Waals surface area contributed by atoms with E-state index >= 15 is 0 Å². The minimum Gasteiger partial charge on any atom is -0.460 e. The topological polar surface area (TPSA) is 104 Å². The lowest BCUT2D eigenvalue weighted by Gasteiger charge is -2.01.